The Labute approximate surface area is 110 Å². The van der Waals surface area contributed by atoms with Crippen LogP contribution in [0.3, 0.4) is 0 Å². The van der Waals surface area contributed by atoms with Crippen molar-refractivity contribution in [2.24, 2.45) is 11.8 Å². The number of hydrogen-bond donors (Lipinski definition) is 1. The van der Waals surface area contributed by atoms with Crippen LogP contribution in [0, 0.1) is 11.8 Å². The summed E-state index contributed by atoms with van der Waals surface area (Å²) in [5, 5.41) is 9.90. The van der Waals surface area contributed by atoms with E-state index >= 15 is 0 Å². The molecular formula is C15H26O3. The van der Waals surface area contributed by atoms with Crippen molar-refractivity contribution >= 4 is 5.97 Å². The quantitative estimate of drug-likeness (QED) is 0.578. The maximum Gasteiger partial charge on any atom is 0.306 e. The van der Waals surface area contributed by atoms with Crippen LogP contribution in [0.25, 0.3) is 0 Å². The van der Waals surface area contributed by atoms with Crippen molar-refractivity contribution in [2.45, 2.75) is 65.1 Å². The number of carbonyl (C=O) groups excluding carboxylic acids is 1. The second-order valence-electron chi connectivity index (χ2n) is 5.65. The third kappa shape index (κ3) is 5.21. The van der Waals surface area contributed by atoms with Crippen LogP contribution in [-0.4, -0.2) is 23.3 Å². The van der Waals surface area contributed by atoms with E-state index in [1.165, 1.54) is 0 Å². The molecule has 0 aromatic rings. The summed E-state index contributed by atoms with van der Waals surface area (Å²) in [5.41, 5.74) is 0. The summed E-state index contributed by atoms with van der Waals surface area (Å²) >= 11 is 0. The lowest BCUT2D eigenvalue weighted by molar-refractivity contribution is -0.151. The molecule has 0 spiro atoms. The molecule has 0 aromatic carbocycles. The first-order chi connectivity index (χ1) is 8.50. The third-order valence-corrected chi connectivity index (χ3v) is 3.61. The van der Waals surface area contributed by atoms with Gasteiger partial charge >= 0.3 is 5.97 Å². The van der Waals surface area contributed by atoms with Crippen molar-refractivity contribution in [3.63, 3.8) is 0 Å². The minimum Gasteiger partial charge on any atom is -0.462 e. The van der Waals surface area contributed by atoms with Crippen LogP contribution in [0.1, 0.15) is 52.9 Å². The minimum atomic E-state index is -0.317. The fourth-order valence-electron chi connectivity index (χ4n) is 2.12. The predicted octanol–water partition coefficient (Wildman–Crippen LogP) is 3.07. The highest BCUT2D eigenvalue weighted by Gasteiger charge is 2.19. The van der Waals surface area contributed by atoms with Gasteiger partial charge in [-0.2, -0.15) is 0 Å². The van der Waals surface area contributed by atoms with Crippen molar-refractivity contribution in [3.05, 3.63) is 12.2 Å². The summed E-state index contributed by atoms with van der Waals surface area (Å²) in [5.74, 6) is 0.460. The molecule has 0 amide bonds. The van der Waals surface area contributed by atoms with Gasteiger partial charge in [-0.1, -0.05) is 32.9 Å². The average molecular weight is 254 g/mol. The van der Waals surface area contributed by atoms with Gasteiger partial charge in [0.2, 0.25) is 0 Å². The second-order valence-corrected chi connectivity index (χ2v) is 5.65. The topological polar surface area (TPSA) is 46.5 Å². The molecule has 1 heterocycles. The van der Waals surface area contributed by atoms with E-state index in [9.17, 15) is 9.90 Å². The summed E-state index contributed by atoms with van der Waals surface area (Å²) in [6, 6.07) is 0. The van der Waals surface area contributed by atoms with Gasteiger partial charge in [-0.3, -0.25) is 4.79 Å². The summed E-state index contributed by atoms with van der Waals surface area (Å²) in [4.78, 5) is 11.7. The predicted molar refractivity (Wildman–Crippen MR) is 72.1 cm³/mol. The number of rotatable bonds is 1. The molecule has 0 aliphatic carbocycles. The van der Waals surface area contributed by atoms with Crippen molar-refractivity contribution in [3.8, 4) is 0 Å². The molecule has 0 saturated heterocycles. The molecule has 3 atom stereocenters. The Morgan fingerprint density at radius 1 is 1.33 bits per heavy atom. The molecular weight excluding hydrogens is 228 g/mol. The van der Waals surface area contributed by atoms with E-state index in [-0.39, 0.29) is 24.1 Å². The Morgan fingerprint density at radius 2 is 2.00 bits per heavy atom. The SMILES string of the molecule is CC1CC=CC[C@H](C(C)C)OC(=O)CCC[C@@H]1O. The number of aliphatic hydroxyl groups excluding tert-OH is 1. The van der Waals surface area contributed by atoms with E-state index in [1.807, 2.05) is 0 Å². The second kappa shape index (κ2) is 7.57. The molecule has 0 fully saturated rings. The van der Waals surface area contributed by atoms with Gasteiger partial charge in [0.1, 0.15) is 6.10 Å². The fourth-order valence-corrected chi connectivity index (χ4v) is 2.12. The number of cyclic esters (lactones) is 1. The molecule has 1 aliphatic rings. The Kier molecular flexibility index (Phi) is 6.41. The Bertz CT molecular complexity index is 283. The molecule has 104 valence electrons. The van der Waals surface area contributed by atoms with E-state index in [2.05, 4.69) is 32.9 Å². The normalized spacial score (nSPS) is 31.6. The number of hydrogen-bond acceptors (Lipinski definition) is 3. The van der Waals surface area contributed by atoms with Gasteiger partial charge in [-0.15, -0.1) is 0 Å². The number of allylic oxidation sites excluding steroid dienone is 1. The van der Waals surface area contributed by atoms with Crippen LogP contribution in [0.2, 0.25) is 0 Å². The van der Waals surface area contributed by atoms with Gasteiger partial charge < -0.3 is 9.84 Å². The number of esters is 1. The molecule has 0 aromatic heterocycles. The highest BCUT2D eigenvalue weighted by molar-refractivity contribution is 5.69. The zero-order valence-electron chi connectivity index (χ0n) is 11.8. The zero-order chi connectivity index (χ0) is 13.5. The Balaban J connectivity index is 2.64. The molecule has 3 nitrogen and oxygen atoms in total. The van der Waals surface area contributed by atoms with Crippen LogP contribution < -0.4 is 0 Å². The van der Waals surface area contributed by atoms with E-state index < -0.39 is 0 Å². The van der Waals surface area contributed by atoms with Crippen molar-refractivity contribution in [1.29, 1.82) is 0 Å². The van der Waals surface area contributed by atoms with E-state index in [0.717, 1.165) is 12.8 Å². The van der Waals surface area contributed by atoms with Gasteiger partial charge in [0.15, 0.2) is 0 Å². The Morgan fingerprint density at radius 3 is 2.67 bits per heavy atom. The first kappa shape index (κ1) is 15.2. The molecule has 0 saturated carbocycles. The third-order valence-electron chi connectivity index (χ3n) is 3.61. The average Bonchev–Trinajstić information content (AvgIpc) is 2.30. The minimum absolute atomic E-state index is 0.0200. The summed E-state index contributed by atoms with van der Waals surface area (Å²) < 4.78 is 5.47. The molecule has 1 aliphatic heterocycles. The van der Waals surface area contributed by atoms with Crippen LogP contribution in [-0.2, 0) is 9.53 Å². The molecule has 1 rings (SSSR count). The van der Waals surface area contributed by atoms with Crippen molar-refractivity contribution in [2.75, 3.05) is 0 Å². The molecule has 0 radical (unpaired) electrons. The highest BCUT2D eigenvalue weighted by Crippen LogP contribution is 2.19. The van der Waals surface area contributed by atoms with E-state index in [4.69, 9.17) is 4.74 Å². The maximum atomic E-state index is 11.7. The van der Waals surface area contributed by atoms with Gasteiger partial charge in [-0.05, 0) is 31.1 Å². The number of carbonyl (C=O) groups is 1. The van der Waals surface area contributed by atoms with Crippen molar-refractivity contribution < 1.29 is 14.6 Å². The molecule has 18 heavy (non-hydrogen) atoms. The van der Waals surface area contributed by atoms with Crippen LogP contribution in [0.4, 0.5) is 0 Å². The lowest BCUT2D eigenvalue weighted by atomic mass is 9.95. The van der Waals surface area contributed by atoms with Crippen molar-refractivity contribution in [1.82, 2.24) is 0 Å². The maximum absolute atomic E-state index is 11.7. The molecule has 1 N–H and O–H groups in total. The number of aliphatic hydroxyl groups is 1. The highest BCUT2D eigenvalue weighted by atomic mass is 16.5. The first-order valence-corrected chi connectivity index (χ1v) is 7.03. The summed E-state index contributed by atoms with van der Waals surface area (Å²) in [6.07, 6.45) is 7.29. The van der Waals surface area contributed by atoms with Gasteiger partial charge in [0.25, 0.3) is 0 Å². The summed E-state index contributed by atoms with van der Waals surface area (Å²) in [6.45, 7) is 6.20. The largest absolute Gasteiger partial charge is 0.462 e. The van der Waals surface area contributed by atoms with E-state index in [1.54, 1.807) is 0 Å². The van der Waals surface area contributed by atoms with Gasteiger partial charge in [0, 0.05) is 12.8 Å². The fraction of sp³-hybridized carbons (Fsp3) is 0.800. The monoisotopic (exact) mass is 254 g/mol. The lowest BCUT2D eigenvalue weighted by Gasteiger charge is -2.22. The van der Waals surface area contributed by atoms with Gasteiger partial charge in [-0.25, -0.2) is 0 Å². The van der Waals surface area contributed by atoms with Gasteiger partial charge in [0.05, 0.1) is 6.10 Å². The first-order valence-electron chi connectivity index (χ1n) is 7.03. The molecule has 3 heteroatoms. The number of ether oxygens (including phenoxy) is 1. The summed E-state index contributed by atoms with van der Waals surface area (Å²) in [7, 11) is 0. The Hall–Kier alpha value is -0.830. The smallest absolute Gasteiger partial charge is 0.306 e. The van der Waals surface area contributed by atoms with E-state index in [0.29, 0.717) is 25.2 Å². The zero-order valence-corrected chi connectivity index (χ0v) is 11.8. The standard InChI is InChI=1S/C15H26O3/c1-11(2)14-9-5-4-7-12(3)13(16)8-6-10-15(17)18-14/h4-5,11-14,16H,6-10H2,1-3H3/t12?,13-,14+/m0/s1. The van der Waals surface area contributed by atoms with Crippen LogP contribution in [0.5, 0.6) is 0 Å². The van der Waals surface area contributed by atoms with Crippen LogP contribution in [0.15, 0.2) is 12.2 Å². The van der Waals surface area contributed by atoms with Crippen LogP contribution >= 0.6 is 0 Å². The lowest BCUT2D eigenvalue weighted by Crippen LogP contribution is -2.24. The molecule has 1 unspecified atom stereocenters. The molecule has 0 bridgehead atoms.